The van der Waals surface area contributed by atoms with Crippen LogP contribution in [0.1, 0.15) is 48.8 Å². The van der Waals surface area contributed by atoms with Gasteiger partial charge in [0.2, 0.25) is 21.8 Å². The van der Waals surface area contributed by atoms with Crippen LogP contribution < -0.4 is 9.62 Å². The van der Waals surface area contributed by atoms with E-state index in [9.17, 15) is 18.0 Å². The van der Waals surface area contributed by atoms with Gasteiger partial charge in [0.05, 0.1) is 22.0 Å². The number of rotatable bonds is 11. The van der Waals surface area contributed by atoms with Crippen molar-refractivity contribution in [1.29, 1.82) is 0 Å². The van der Waals surface area contributed by atoms with Crippen molar-refractivity contribution in [3.05, 3.63) is 98.5 Å². The molecule has 0 radical (unpaired) electrons. The highest BCUT2D eigenvalue weighted by atomic mass is 35.5. The van der Waals surface area contributed by atoms with E-state index in [0.717, 1.165) is 48.2 Å². The molecule has 1 aliphatic carbocycles. The van der Waals surface area contributed by atoms with Crippen LogP contribution in [0.4, 0.5) is 5.69 Å². The molecule has 0 bridgehead atoms. The Morgan fingerprint density at radius 2 is 1.58 bits per heavy atom. The Balaban J connectivity index is 1.76. The minimum Gasteiger partial charge on any atom is -0.352 e. The molecule has 0 aromatic heterocycles. The number of carbonyl (C=O) groups excluding carboxylic acids is 2. The average molecular weight is 665 g/mol. The lowest BCUT2D eigenvalue weighted by Crippen LogP contribution is -2.55. The summed E-state index contributed by atoms with van der Waals surface area (Å²) < 4.78 is 27.1. The number of nitrogens with one attached hydrogen (secondary N) is 1. The number of carbonyl (C=O) groups is 2. The van der Waals surface area contributed by atoms with Gasteiger partial charge in [0.1, 0.15) is 12.6 Å². The van der Waals surface area contributed by atoms with Crippen LogP contribution in [-0.4, -0.2) is 50.0 Å². The lowest BCUT2D eigenvalue weighted by molar-refractivity contribution is -0.140. The van der Waals surface area contributed by atoms with Crippen molar-refractivity contribution in [2.75, 3.05) is 17.1 Å². The summed E-state index contributed by atoms with van der Waals surface area (Å²) >= 11 is 18.8. The second kappa shape index (κ2) is 14.8. The minimum atomic E-state index is -3.91. The fraction of sp³-hybridized carbons (Fsp3) is 0.375. The van der Waals surface area contributed by atoms with Crippen molar-refractivity contribution in [3.63, 3.8) is 0 Å². The highest BCUT2D eigenvalue weighted by Crippen LogP contribution is 2.29. The Bertz CT molecular complexity index is 1550. The van der Waals surface area contributed by atoms with E-state index in [4.69, 9.17) is 34.8 Å². The maximum absolute atomic E-state index is 14.3. The molecule has 4 rings (SSSR count). The van der Waals surface area contributed by atoms with Crippen molar-refractivity contribution in [1.82, 2.24) is 10.2 Å². The summed E-state index contributed by atoms with van der Waals surface area (Å²) in [6.45, 7) is 1.18. The van der Waals surface area contributed by atoms with E-state index >= 15 is 0 Å². The van der Waals surface area contributed by atoms with Crippen molar-refractivity contribution in [2.45, 2.75) is 64.1 Å². The van der Waals surface area contributed by atoms with Crippen LogP contribution in [0.25, 0.3) is 0 Å². The first-order valence-electron chi connectivity index (χ1n) is 14.2. The molecule has 1 saturated carbocycles. The molecule has 3 aromatic rings. The van der Waals surface area contributed by atoms with Crippen LogP contribution >= 0.6 is 34.8 Å². The Morgan fingerprint density at radius 3 is 2.23 bits per heavy atom. The summed E-state index contributed by atoms with van der Waals surface area (Å²) in [4.78, 5) is 29.8. The van der Waals surface area contributed by atoms with Crippen LogP contribution in [0.3, 0.4) is 0 Å². The number of hydrogen-bond acceptors (Lipinski definition) is 4. The van der Waals surface area contributed by atoms with Crippen LogP contribution in [0.2, 0.25) is 15.1 Å². The lowest BCUT2D eigenvalue weighted by Gasteiger charge is -2.35. The van der Waals surface area contributed by atoms with Gasteiger partial charge in [-0.25, -0.2) is 8.42 Å². The van der Waals surface area contributed by atoms with Gasteiger partial charge in [0.15, 0.2) is 0 Å². The first kappa shape index (κ1) is 33.1. The highest BCUT2D eigenvalue weighted by Gasteiger charge is 2.34. The summed E-state index contributed by atoms with van der Waals surface area (Å²) in [6, 6.07) is 18.5. The topological polar surface area (TPSA) is 86.8 Å². The number of nitrogens with zero attached hydrogens (tertiary/aromatic N) is 2. The smallest absolute Gasteiger partial charge is 0.244 e. The SMILES string of the molecule is Cc1c(Cl)cccc1N(CC(=O)N(Cc1ccc(Cl)c(Cl)c1)C(Cc1ccccc1)C(=O)NC1CCCCC1)S(C)(=O)=O. The van der Waals surface area contributed by atoms with Crippen molar-refractivity contribution >= 4 is 62.3 Å². The second-order valence-corrected chi connectivity index (χ2v) is 14.1. The third-order valence-electron chi connectivity index (χ3n) is 7.75. The third-order valence-corrected chi connectivity index (χ3v) is 10.0. The molecular formula is C32H36Cl3N3O4S. The number of anilines is 1. The van der Waals surface area contributed by atoms with Crippen LogP contribution in [-0.2, 0) is 32.6 Å². The van der Waals surface area contributed by atoms with Gasteiger partial charge in [-0.05, 0) is 60.7 Å². The van der Waals surface area contributed by atoms with Gasteiger partial charge in [0.25, 0.3) is 0 Å². The number of hydrogen-bond donors (Lipinski definition) is 1. The zero-order valence-electron chi connectivity index (χ0n) is 24.2. The lowest BCUT2D eigenvalue weighted by atomic mass is 9.94. The molecule has 0 aliphatic heterocycles. The highest BCUT2D eigenvalue weighted by molar-refractivity contribution is 7.92. The molecule has 1 aliphatic rings. The minimum absolute atomic E-state index is 0.0113. The molecule has 230 valence electrons. The largest absolute Gasteiger partial charge is 0.352 e. The summed E-state index contributed by atoms with van der Waals surface area (Å²) in [7, 11) is -3.91. The van der Waals surface area contributed by atoms with Gasteiger partial charge in [-0.1, -0.05) is 96.5 Å². The molecule has 1 N–H and O–H groups in total. The molecule has 2 amide bonds. The third kappa shape index (κ3) is 8.88. The van der Waals surface area contributed by atoms with Crippen molar-refractivity contribution in [3.8, 4) is 0 Å². The fourth-order valence-corrected chi connectivity index (χ4v) is 6.78. The monoisotopic (exact) mass is 663 g/mol. The molecule has 11 heteroatoms. The van der Waals surface area contributed by atoms with E-state index in [1.165, 1.54) is 4.90 Å². The number of amides is 2. The standard InChI is InChI=1S/C32H36Cl3N3O4S/c1-22-26(33)14-9-15-29(22)38(43(2,41)42)21-31(39)37(20-24-16-17-27(34)28(35)18-24)30(19-23-10-5-3-6-11-23)32(40)36-25-12-7-4-8-13-25/h3,5-6,9-11,14-18,25,30H,4,7-8,12-13,19-21H2,1-2H3,(H,36,40). The van der Waals surface area contributed by atoms with Crippen molar-refractivity contribution in [2.24, 2.45) is 0 Å². The first-order valence-corrected chi connectivity index (χ1v) is 17.2. The Morgan fingerprint density at radius 1 is 0.884 bits per heavy atom. The molecule has 0 saturated heterocycles. The van der Waals surface area contributed by atoms with E-state index in [0.29, 0.717) is 31.9 Å². The number of benzene rings is 3. The zero-order chi connectivity index (χ0) is 31.1. The molecule has 0 spiro atoms. The molecule has 1 fully saturated rings. The Hall–Kier alpha value is -2.78. The van der Waals surface area contributed by atoms with Crippen LogP contribution in [0, 0.1) is 6.92 Å². The molecule has 3 aromatic carbocycles. The van der Waals surface area contributed by atoms with Gasteiger partial charge in [-0.3, -0.25) is 13.9 Å². The second-order valence-electron chi connectivity index (χ2n) is 11.0. The molecule has 1 unspecified atom stereocenters. The van der Waals surface area contributed by atoms with E-state index in [-0.39, 0.29) is 24.9 Å². The predicted molar refractivity (Wildman–Crippen MR) is 174 cm³/mol. The molecular weight excluding hydrogens is 629 g/mol. The maximum Gasteiger partial charge on any atom is 0.244 e. The maximum atomic E-state index is 14.3. The van der Waals surface area contributed by atoms with Crippen molar-refractivity contribution < 1.29 is 18.0 Å². The molecule has 43 heavy (non-hydrogen) atoms. The van der Waals surface area contributed by atoms with Crippen LogP contribution in [0.5, 0.6) is 0 Å². The molecule has 0 heterocycles. The van der Waals surface area contributed by atoms with Gasteiger partial charge >= 0.3 is 0 Å². The summed E-state index contributed by atoms with van der Waals surface area (Å²) in [6.07, 6.45) is 6.22. The van der Waals surface area contributed by atoms with E-state index < -0.39 is 28.5 Å². The predicted octanol–water partition coefficient (Wildman–Crippen LogP) is 6.81. The van der Waals surface area contributed by atoms with Gasteiger partial charge in [0, 0.05) is 24.0 Å². The Labute approximate surface area is 269 Å². The number of sulfonamides is 1. The first-order chi connectivity index (χ1) is 20.4. The Kier molecular flexibility index (Phi) is 11.4. The average Bonchev–Trinajstić information content (AvgIpc) is 2.97. The molecule has 7 nitrogen and oxygen atoms in total. The summed E-state index contributed by atoms with van der Waals surface area (Å²) in [5.74, 6) is -0.829. The number of halogens is 3. The van der Waals surface area contributed by atoms with Gasteiger partial charge in [-0.15, -0.1) is 0 Å². The van der Waals surface area contributed by atoms with E-state index in [1.54, 1.807) is 43.3 Å². The summed E-state index contributed by atoms with van der Waals surface area (Å²) in [5, 5.41) is 4.23. The quantitative estimate of drug-likeness (QED) is 0.244. The van der Waals surface area contributed by atoms with Crippen LogP contribution in [0.15, 0.2) is 66.7 Å². The van der Waals surface area contributed by atoms with Gasteiger partial charge in [-0.2, -0.15) is 0 Å². The van der Waals surface area contributed by atoms with Gasteiger partial charge < -0.3 is 10.2 Å². The van der Waals surface area contributed by atoms with E-state index in [2.05, 4.69) is 5.32 Å². The fourth-order valence-electron chi connectivity index (χ4n) is 5.39. The zero-order valence-corrected chi connectivity index (χ0v) is 27.3. The molecule has 1 atom stereocenters. The summed E-state index contributed by atoms with van der Waals surface area (Å²) in [5.41, 5.74) is 2.33. The van der Waals surface area contributed by atoms with E-state index in [1.807, 2.05) is 30.3 Å². The normalized spacial score (nSPS) is 14.6.